The first-order chi connectivity index (χ1) is 14.2. The molecule has 150 valence electrons. The van der Waals surface area contributed by atoms with Crippen molar-refractivity contribution in [1.29, 1.82) is 10.5 Å². The molecule has 0 bridgehead atoms. The average Bonchev–Trinajstić information content (AvgIpc) is 3.04. The van der Waals surface area contributed by atoms with Gasteiger partial charge in [0.05, 0.1) is 24.2 Å². The molecule has 2 aliphatic heterocycles. The van der Waals surface area contributed by atoms with Crippen molar-refractivity contribution >= 4 is 17.5 Å². The molecule has 0 amide bonds. The zero-order valence-electron chi connectivity index (χ0n) is 17.1. The van der Waals surface area contributed by atoms with E-state index in [1.807, 2.05) is 62.1 Å². The number of anilines is 1. The third-order valence-electron chi connectivity index (χ3n) is 6.15. The fourth-order valence-corrected chi connectivity index (χ4v) is 4.72. The van der Waals surface area contributed by atoms with Crippen LogP contribution in [-0.4, -0.2) is 17.9 Å². The minimum Gasteiger partial charge on any atom is -0.351 e. The van der Waals surface area contributed by atoms with Gasteiger partial charge in [0.1, 0.15) is 5.82 Å². The number of halogens is 1. The van der Waals surface area contributed by atoms with E-state index in [1.54, 1.807) is 12.1 Å². The highest BCUT2D eigenvalue weighted by molar-refractivity contribution is 5.96. The number of rotatable bonds is 2. The molecule has 0 aromatic heterocycles. The Balaban J connectivity index is 2.02. The van der Waals surface area contributed by atoms with E-state index in [0.29, 0.717) is 5.56 Å². The molecule has 1 saturated heterocycles. The van der Waals surface area contributed by atoms with Crippen molar-refractivity contribution in [2.75, 3.05) is 4.90 Å². The number of benzene rings is 2. The predicted octanol–water partition coefficient (Wildman–Crippen LogP) is 4.84. The molecule has 2 aromatic carbocycles. The number of nitrogens with zero attached hydrogens (tertiary/aromatic N) is 3. The molecule has 0 N–H and O–H groups in total. The molecule has 1 fully saturated rings. The van der Waals surface area contributed by atoms with Crippen molar-refractivity contribution in [1.82, 2.24) is 0 Å². The molecule has 4 nitrogen and oxygen atoms in total. The molecule has 3 atom stereocenters. The molecule has 4 rings (SSSR count). The number of ketones is 1. The highest BCUT2D eigenvalue weighted by atomic mass is 19.1. The van der Waals surface area contributed by atoms with Crippen LogP contribution < -0.4 is 4.90 Å². The van der Waals surface area contributed by atoms with Gasteiger partial charge in [0.25, 0.3) is 0 Å². The maximum Gasteiger partial charge on any atom is 0.176 e. The summed E-state index contributed by atoms with van der Waals surface area (Å²) >= 11 is 0. The van der Waals surface area contributed by atoms with Crippen LogP contribution in [0.4, 0.5) is 10.1 Å². The van der Waals surface area contributed by atoms with Crippen molar-refractivity contribution < 1.29 is 9.18 Å². The quantitative estimate of drug-likeness (QED) is 0.724. The molecule has 0 aliphatic carbocycles. The van der Waals surface area contributed by atoms with Gasteiger partial charge in [-0.05, 0) is 29.3 Å². The standard InChI is InChI=1S/C25H22FN3O/c1-24(2,3)23(30)22-21(17-8-11-18(26)12-9-17)25(14-27,15-28)20-13-10-16-6-4-5-7-19(16)29(20)22/h4-13,20-22H,1-3H3. The van der Waals surface area contributed by atoms with E-state index in [9.17, 15) is 19.7 Å². The lowest BCUT2D eigenvalue weighted by Crippen LogP contribution is -2.47. The summed E-state index contributed by atoms with van der Waals surface area (Å²) in [5.74, 6) is -1.18. The Kier molecular flexibility index (Phi) is 4.51. The van der Waals surface area contributed by atoms with E-state index in [-0.39, 0.29) is 5.78 Å². The number of carbonyl (C=O) groups is 1. The number of nitriles is 2. The third kappa shape index (κ3) is 2.74. The molecule has 2 aliphatic rings. The minimum absolute atomic E-state index is 0.0562. The van der Waals surface area contributed by atoms with E-state index >= 15 is 0 Å². The lowest BCUT2D eigenvalue weighted by atomic mass is 9.68. The highest BCUT2D eigenvalue weighted by Crippen LogP contribution is 2.56. The summed E-state index contributed by atoms with van der Waals surface area (Å²) < 4.78 is 13.6. The van der Waals surface area contributed by atoms with Crippen molar-refractivity contribution in [2.45, 2.75) is 38.8 Å². The van der Waals surface area contributed by atoms with Crippen molar-refractivity contribution in [3.63, 3.8) is 0 Å². The van der Waals surface area contributed by atoms with Crippen molar-refractivity contribution in [3.8, 4) is 12.1 Å². The number of fused-ring (bicyclic) bond motifs is 3. The fourth-order valence-electron chi connectivity index (χ4n) is 4.72. The van der Waals surface area contributed by atoms with Crippen molar-refractivity contribution in [3.05, 3.63) is 71.6 Å². The number of para-hydroxylation sites is 1. The topological polar surface area (TPSA) is 67.9 Å². The molecule has 30 heavy (non-hydrogen) atoms. The van der Waals surface area contributed by atoms with Crippen LogP contribution in [0.1, 0.15) is 37.8 Å². The maximum absolute atomic E-state index is 13.7. The van der Waals surface area contributed by atoms with E-state index in [2.05, 4.69) is 12.1 Å². The predicted molar refractivity (Wildman–Crippen MR) is 113 cm³/mol. The molecule has 2 heterocycles. The second-order valence-electron chi connectivity index (χ2n) is 8.95. The monoisotopic (exact) mass is 399 g/mol. The second kappa shape index (κ2) is 6.82. The Bertz CT molecular complexity index is 1100. The summed E-state index contributed by atoms with van der Waals surface area (Å²) in [5.41, 5.74) is 0.192. The van der Waals surface area contributed by atoms with Crippen LogP contribution in [0.2, 0.25) is 0 Å². The van der Waals surface area contributed by atoms with Gasteiger partial charge in [-0.25, -0.2) is 4.39 Å². The fraction of sp³-hybridized carbons (Fsp3) is 0.320. The van der Waals surface area contributed by atoms with Crippen LogP contribution in [0.15, 0.2) is 54.6 Å². The Labute approximate surface area is 175 Å². The summed E-state index contributed by atoms with van der Waals surface area (Å²) in [4.78, 5) is 15.7. The van der Waals surface area contributed by atoms with Gasteiger partial charge in [-0.1, -0.05) is 63.3 Å². The van der Waals surface area contributed by atoms with Gasteiger partial charge < -0.3 is 4.90 Å². The van der Waals surface area contributed by atoms with Crippen LogP contribution >= 0.6 is 0 Å². The van der Waals surface area contributed by atoms with Gasteiger partial charge in [0, 0.05) is 17.0 Å². The minimum atomic E-state index is -1.49. The average molecular weight is 399 g/mol. The smallest absolute Gasteiger partial charge is 0.176 e. The van der Waals surface area contributed by atoms with Crippen LogP contribution in [0.5, 0.6) is 0 Å². The second-order valence-corrected chi connectivity index (χ2v) is 8.95. The number of Topliss-reactive ketones (excluding diaryl/α,β-unsaturated/α-hetero) is 1. The van der Waals surface area contributed by atoms with Crippen LogP contribution in [0.25, 0.3) is 6.08 Å². The SMILES string of the molecule is CC(C)(C)C(=O)C1C(c2ccc(F)cc2)C(C#N)(C#N)C2C=Cc3ccccc3N12. The molecular formula is C25H22FN3O. The number of hydrogen-bond donors (Lipinski definition) is 0. The van der Waals surface area contributed by atoms with Crippen LogP contribution in [0.3, 0.4) is 0 Å². The van der Waals surface area contributed by atoms with E-state index < -0.39 is 34.6 Å². The first-order valence-corrected chi connectivity index (χ1v) is 9.92. The molecule has 3 unspecified atom stereocenters. The molecule has 0 saturated carbocycles. The first kappa shape index (κ1) is 19.9. The summed E-state index contributed by atoms with van der Waals surface area (Å²) in [6.45, 7) is 5.53. The van der Waals surface area contributed by atoms with Gasteiger partial charge in [-0.15, -0.1) is 0 Å². The summed E-state index contributed by atoms with van der Waals surface area (Å²) in [6, 6.07) is 16.7. The Morgan fingerprint density at radius 2 is 1.70 bits per heavy atom. The first-order valence-electron chi connectivity index (χ1n) is 9.92. The molecule has 2 aromatic rings. The van der Waals surface area contributed by atoms with Gasteiger partial charge >= 0.3 is 0 Å². The van der Waals surface area contributed by atoms with Crippen molar-refractivity contribution in [2.24, 2.45) is 10.8 Å². The number of hydrogen-bond acceptors (Lipinski definition) is 4. The van der Waals surface area contributed by atoms with Crippen LogP contribution in [-0.2, 0) is 4.79 Å². The van der Waals surface area contributed by atoms with Crippen LogP contribution in [0, 0.1) is 39.3 Å². The van der Waals surface area contributed by atoms with E-state index in [1.165, 1.54) is 12.1 Å². The molecular weight excluding hydrogens is 377 g/mol. The van der Waals surface area contributed by atoms with E-state index in [4.69, 9.17) is 0 Å². The highest BCUT2D eigenvalue weighted by Gasteiger charge is 2.64. The zero-order chi connectivity index (χ0) is 21.7. The molecule has 0 radical (unpaired) electrons. The third-order valence-corrected chi connectivity index (χ3v) is 6.15. The Morgan fingerprint density at radius 1 is 1.07 bits per heavy atom. The maximum atomic E-state index is 13.7. The Hall–Kier alpha value is -3.44. The van der Waals surface area contributed by atoms with Gasteiger partial charge in [0.2, 0.25) is 0 Å². The lowest BCUT2D eigenvalue weighted by Gasteiger charge is -2.37. The molecule has 0 spiro atoms. The summed E-state index contributed by atoms with van der Waals surface area (Å²) in [6.07, 6.45) is 3.76. The largest absolute Gasteiger partial charge is 0.351 e. The van der Waals surface area contributed by atoms with Gasteiger partial charge in [0.15, 0.2) is 11.2 Å². The van der Waals surface area contributed by atoms with Gasteiger partial charge in [-0.3, -0.25) is 4.79 Å². The van der Waals surface area contributed by atoms with E-state index in [0.717, 1.165) is 11.3 Å². The number of carbonyl (C=O) groups excluding carboxylic acids is 1. The Morgan fingerprint density at radius 3 is 2.30 bits per heavy atom. The molecule has 5 heteroatoms. The normalized spacial score (nSPS) is 23.8. The lowest BCUT2D eigenvalue weighted by molar-refractivity contribution is -0.127. The zero-order valence-corrected chi connectivity index (χ0v) is 17.1. The van der Waals surface area contributed by atoms with Gasteiger partial charge in [-0.2, -0.15) is 10.5 Å². The summed E-state index contributed by atoms with van der Waals surface area (Å²) in [7, 11) is 0. The summed E-state index contributed by atoms with van der Waals surface area (Å²) in [5, 5.41) is 20.5.